The lowest BCUT2D eigenvalue weighted by Gasteiger charge is -2.10. The maximum atomic E-state index is 8.95. The third kappa shape index (κ3) is 1.47. The Balaban J connectivity index is 3.61. The molecule has 72 valence electrons. The summed E-state index contributed by atoms with van der Waals surface area (Å²) in [7, 11) is 1.56. The number of hydrogen-bond donors (Lipinski definition) is 0. The SMILES string of the molecule is C=Cc1c(C#N)c(C)nc(C)c1OC. The molecule has 0 amide bonds. The molecule has 0 saturated heterocycles. The van der Waals surface area contributed by atoms with Crippen LogP contribution >= 0.6 is 0 Å². The van der Waals surface area contributed by atoms with Crippen molar-refractivity contribution in [2.75, 3.05) is 7.11 Å². The van der Waals surface area contributed by atoms with Crippen molar-refractivity contribution in [3.63, 3.8) is 0 Å². The lowest BCUT2D eigenvalue weighted by molar-refractivity contribution is 0.408. The van der Waals surface area contributed by atoms with Gasteiger partial charge in [-0.3, -0.25) is 4.98 Å². The molecule has 3 nitrogen and oxygen atoms in total. The van der Waals surface area contributed by atoms with E-state index in [-0.39, 0.29) is 0 Å². The second-order valence-electron chi connectivity index (χ2n) is 2.92. The molecule has 0 unspecified atom stereocenters. The van der Waals surface area contributed by atoms with Crippen molar-refractivity contribution >= 4 is 6.08 Å². The highest BCUT2D eigenvalue weighted by atomic mass is 16.5. The molecule has 0 atom stereocenters. The minimum Gasteiger partial charge on any atom is -0.494 e. The predicted molar refractivity (Wildman–Crippen MR) is 55.1 cm³/mol. The molecule has 3 heteroatoms. The van der Waals surface area contributed by atoms with Crippen LogP contribution in [0.15, 0.2) is 6.58 Å². The first-order valence-electron chi connectivity index (χ1n) is 4.23. The van der Waals surface area contributed by atoms with Crippen molar-refractivity contribution in [1.29, 1.82) is 5.26 Å². The lowest BCUT2D eigenvalue weighted by Crippen LogP contribution is -2.00. The molecule has 0 saturated carbocycles. The number of nitriles is 1. The third-order valence-corrected chi connectivity index (χ3v) is 2.06. The van der Waals surface area contributed by atoms with Gasteiger partial charge in [-0.05, 0) is 13.8 Å². The van der Waals surface area contributed by atoms with Crippen molar-refractivity contribution in [3.8, 4) is 11.8 Å². The molecule has 0 bridgehead atoms. The van der Waals surface area contributed by atoms with Crippen molar-refractivity contribution in [3.05, 3.63) is 29.1 Å². The van der Waals surface area contributed by atoms with Crippen LogP contribution in [0.4, 0.5) is 0 Å². The van der Waals surface area contributed by atoms with Gasteiger partial charge in [0.25, 0.3) is 0 Å². The van der Waals surface area contributed by atoms with Gasteiger partial charge in [-0.25, -0.2) is 0 Å². The van der Waals surface area contributed by atoms with Gasteiger partial charge < -0.3 is 4.74 Å². The summed E-state index contributed by atoms with van der Waals surface area (Å²) in [6, 6.07) is 2.10. The van der Waals surface area contributed by atoms with E-state index >= 15 is 0 Å². The van der Waals surface area contributed by atoms with Crippen molar-refractivity contribution in [1.82, 2.24) is 4.98 Å². The molecule has 1 rings (SSSR count). The van der Waals surface area contributed by atoms with Crippen LogP contribution in [0.3, 0.4) is 0 Å². The fourth-order valence-electron chi connectivity index (χ4n) is 1.46. The molecule has 0 aliphatic rings. The Hall–Kier alpha value is -1.82. The summed E-state index contributed by atoms with van der Waals surface area (Å²) in [5.41, 5.74) is 2.74. The molecule has 14 heavy (non-hydrogen) atoms. The highest BCUT2D eigenvalue weighted by Gasteiger charge is 2.13. The third-order valence-electron chi connectivity index (χ3n) is 2.06. The maximum absolute atomic E-state index is 8.95. The number of pyridine rings is 1. The summed E-state index contributed by atoms with van der Waals surface area (Å²) in [6.07, 6.45) is 1.62. The molecule has 1 heterocycles. The summed E-state index contributed by atoms with van der Waals surface area (Å²) in [4.78, 5) is 4.23. The van der Waals surface area contributed by atoms with Crippen LogP contribution in [-0.2, 0) is 0 Å². The van der Waals surface area contributed by atoms with Gasteiger partial charge in [-0.1, -0.05) is 12.7 Å². The summed E-state index contributed by atoms with van der Waals surface area (Å²) in [5.74, 6) is 0.627. The van der Waals surface area contributed by atoms with E-state index in [2.05, 4.69) is 17.6 Å². The van der Waals surface area contributed by atoms with Gasteiger partial charge in [0.2, 0.25) is 0 Å². The Morgan fingerprint density at radius 3 is 2.50 bits per heavy atom. The second-order valence-corrected chi connectivity index (χ2v) is 2.92. The zero-order chi connectivity index (χ0) is 10.7. The normalized spacial score (nSPS) is 9.29. The van der Waals surface area contributed by atoms with Crippen LogP contribution in [0, 0.1) is 25.2 Å². The van der Waals surface area contributed by atoms with Crippen LogP contribution < -0.4 is 4.74 Å². The summed E-state index contributed by atoms with van der Waals surface area (Å²) < 4.78 is 5.18. The molecule has 0 fully saturated rings. The summed E-state index contributed by atoms with van der Waals surface area (Å²) in [6.45, 7) is 7.32. The van der Waals surface area contributed by atoms with Gasteiger partial charge in [0, 0.05) is 5.56 Å². The van der Waals surface area contributed by atoms with E-state index in [0.717, 1.165) is 11.3 Å². The van der Waals surface area contributed by atoms with Crippen molar-refractivity contribution < 1.29 is 4.74 Å². The largest absolute Gasteiger partial charge is 0.494 e. The summed E-state index contributed by atoms with van der Waals surface area (Å²) >= 11 is 0. The van der Waals surface area contributed by atoms with Gasteiger partial charge >= 0.3 is 0 Å². The Labute approximate surface area is 83.7 Å². The topological polar surface area (TPSA) is 45.9 Å². The molecule has 0 N–H and O–H groups in total. The Morgan fingerprint density at radius 1 is 1.43 bits per heavy atom. The number of methoxy groups -OCH3 is 1. The first-order chi connectivity index (χ1) is 6.65. The maximum Gasteiger partial charge on any atom is 0.148 e. The zero-order valence-electron chi connectivity index (χ0n) is 8.59. The van der Waals surface area contributed by atoms with Crippen LogP contribution in [0.2, 0.25) is 0 Å². The Bertz CT molecular complexity index is 416. The van der Waals surface area contributed by atoms with Crippen LogP contribution in [0.5, 0.6) is 5.75 Å². The van der Waals surface area contributed by atoms with E-state index in [9.17, 15) is 0 Å². The first-order valence-corrected chi connectivity index (χ1v) is 4.23. The molecule has 0 radical (unpaired) electrons. The number of aromatic nitrogens is 1. The van der Waals surface area contributed by atoms with Gasteiger partial charge in [-0.2, -0.15) is 5.26 Å². The Kier molecular flexibility index (Phi) is 2.88. The number of aryl methyl sites for hydroxylation is 2. The standard InChI is InChI=1S/C11H12N2O/c1-5-9-10(6-12)7(2)13-8(3)11(9)14-4/h5H,1H2,2-4H3. The number of hydrogen-bond acceptors (Lipinski definition) is 3. The highest BCUT2D eigenvalue weighted by Crippen LogP contribution is 2.27. The van der Waals surface area contributed by atoms with E-state index < -0.39 is 0 Å². The number of rotatable bonds is 2. The number of ether oxygens (including phenoxy) is 1. The number of nitrogens with zero attached hydrogens (tertiary/aromatic N) is 2. The van der Waals surface area contributed by atoms with Crippen molar-refractivity contribution in [2.24, 2.45) is 0 Å². The molecule has 0 aromatic carbocycles. The summed E-state index contributed by atoms with van der Waals surface area (Å²) in [5, 5.41) is 8.95. The minimum absolute atomic E-state index is 0.530. The monoisotopic (exact) mass is 188 g/mol. The average molecular weight is 188 g/mol. The smallest absolute Gasteiger partial charge is 0.148 e. The second kappa shape index (κ2) is 3.93. The van der Waals surface area contributed by atoms with E-state index in [1.807, 2.05) is 6.92 Å². The first kappa shape index (κ1) is 10.3. The molecule has 0 aliphatic carbocycles. The average Bonchev–Trinajstić information content (AvgIpc) is 2.16. The van der Waals surface area contributed by atoms with E-state index in [1.54, 1.807) is 20.1 Å². The van der Waals surface area contributed by atoms with E-state index in [4.69, 9.17) is 10.00 Å². The van der Waals surface area contributed by atoms with Crippen LogP contribution in [0.1, 0.15) is 22.5 Å². The van der Waals surface area contributed by atoms with Crippen LogP contribution in [0.25, 0.3) is 6.08 Å². The van der Waals surface area contributed by atoms with Gasteiger partial charge in [0.1, 0.15) is 11.8 Å². The Morgan fingerprint density at radius 2 is 2.07 bits per heavy atom. The van der Waals surface area contributed by atoms with E-state index in [0.29, 0.717) is 17.0 Å². The zero-order valence-corrected chi connectivity index (χ0v) is 8.59. The fraction of sp³-hybridized carbons (Fsp3) is 0.273. The molecular weight excluding hydrogens is 176 g/mol. The highest BCUT2D eigenvalue weighted by molar-refractivity contribution is 5.65. The quantitative estimate of drug-likeness (QED) is 0.714. The van der Waals surface area contributed by atoms with Crippen molar-refractivity contribution in [2.45, 2.75) is 13.8 Å². The molecule has 0 aliphatic heterocycles. The van der Waals surface area contributed by atoms with E-state index in [1.165, 1.54) is 0 Å². The minimum atomic E-state index is 0.530. The molecule has 1 aromatic heterocycles. The van der Waals surface area contributed by atoms with Gasteiger partial charge in [0.15, 0.2) is 0 Å². The molecule has 0 spiro atoms. The molecule has 1 aromatic rings. The van der Waals surface area contributed by atoms with Gasteiger partial charge in [0.05, 0.1) is 24.1 Å². The molecular formula is C11H12N2O. The van der Waals surface area contributed by atoms with Crippen LogP contribution in [-0.4, -0.2) is 12.1 Å². The van der Waals surface area contributed by atoms with Gasteiger partial charge in [-0.15, -0.1) is 0 Å². The lowest BCUT2D eigenvalue weighted by atomic mass is 10.1. The predicted octanol–water partition coefficient (Wildman–Crippen LogP) is 2.22. The fourth-order valence-corrected chi connectivity index (χ4v) is 1.46.